The average molecular weight is 366 g/mol. The predicted molar refractivity (Wildman–Crippen MR) is 112 cm³/mol. The van der Waals surface area contributed by atoms with Crippen molar-refractivity contribution >= 4 is 11.3 Å². The summed E-state index contributed by atoms with van der Waals surface area (Å²) in [5.41, 5.74) is 3.76. The van der Waals surface area contributed by atoms with E-state index in [0.717, 1.165) is 18.7 Å². The van der Waals surface area contributed by atoms with Crippen molar-refractivity contribution in [3.8, 4) is 16.9 Å². The van der Waals surface area contributed by atoms with Crippen molar-refractivity contribution in [1.29, 1.82) is 0 Å². The molecule has 0 spiro atoms. The summed E-state index contributed by atoms with van der Waals surface area (Å²) < 4.78 is 6.42. The molecule has 1 heterocycles. The Morgan fingerprint density at radius 2 is 1.58 bits per heavy atom. The smallest absolute Gasteiger partial charge is 0.126 e. The van der Waals surface area contributed by atoms with Gasteiger partial charge in [0.2, 0.25) is 0 Å². The van der Waals surface area contributed by atoms with Crippen molar-refractivity contribution in [2.45, 2.75) is 26.4 Å². The SMILES string of the molecule is Cc1cc(C(CCN(C)C)Oc2ccc(-c3ccccc3)cc2)c(C)s1. The summed E-state index contributed by atoms with van der Waals surface area (Å²) >= 11 is 1.85. The normalized spacial score (nSPS) is 12.3. The average Bonchev–Trinajstić information content (AvgIpc) is 2.98. The molecular formula is C23H27NOS. The first-order valence-electron chi connectivity index (χ1n) is 9.07. The van der Waals surface area contributed by atoms with Crippen LogP contribution < -0.4 is 4.74 Å². The van der Waals surface area contributed by atoms with Crippen LogP contribution in [-0.4, -0.2) is 25.5 Å². The minimum atomic E-state index is 0.0879. The van der Waals surface area contributed by atoms with Gasteiger partial charge in [0.25, 0.3) is 0 Å². The molecule has 1 aromatic heterocycles. The molecule has 0 aliphatic heterocycles. The second kappa shape index (κ2) is 8.52. The van der Waals surface area contributed by atoms with E-state index >= 15 is 0 Å². The molecule has 0 radical (unpaired) electrons. The number of rotatable bonds is 7. The molecule has 1 atom stereocenters. The number of hydrogen-bond donors (Lipinski definition) is 0. The van der Waals surface area contributed by atoms with Crippen molar-refractivity contribution in [1.82, 2.24) is 4.90 Å². The maximum Gasteiger partial charge on any atom is 0.126 e. The first-order valence-corrected chi connectivity index (χ1v) is 9.88. The van der Waals surface area contributed by atoms with Crippen LogP contribution in [0.2, 0.25) is 0 Å². The van der Waals surface area contributed by atoms with Gasteiger partial charge in [0, 0.05) is 28.3 Å². The van der Waals surface area contributed by atoms with Crippen molar-refractivity contribution in [3.63, 3.8) is 0 Å². The molecule has 1 unspecified atom stereocenters. The van der Waals surface area contributed by atoms with E-state index in [2.05, 4.69) is 87.4 Å². The number of hydrogen-bond acceptors (Lipinski definition) is 3. The standard InChI is InChI=1S/C23H27NOS/c1-17-16-22(18(2)26-17)23(14-15-24(3)4)25-21-12-10-20(11-13-21)19-8-6-5-7-9-19/h5-13,16,23H,14-15H2,1-4H3. The Morgan fingerprint density at radius 1 is 0.923 bits per heavy atom. The van der Waals surface area contributed by atoms with Crippen LogP contribution >= 0.6 is 11.3 Å². The molecule has 0 N–H and O–H groups in total. The highest BCUT2D eigenvalue weighted by molar-refractivity contribution is 7.12. The molecule has 136 valence electrons. The molecule has 0 saturated carbocycles. The zero-order valence-electron chi connectivity index (χ0n) is 16.0. The van der Waals surface area contributed by atoms with Gasteiger partial charge in [0.05, 0.1) is 0 Å². The highest BCUT2D eigenvalue weighted by Crippen LogP contribution is 2.33. The molecule has 2 nitrogen and oxygen atoms in total. The second-order valence-corrected chi connectivity index (χ2v) is 8.42. The fraction of sp³-hybridized carbons (Fsp3) is 0.304. The van der Waals surface area contributed by atoms with Crippen LogP contribution in [0.15, 0.2) is 60.7 Å². The van der Waals surface area contributed by atoms with Gasteiger partial charge >= 0.3 is 0 Å². The Labute approximate surface area is 161 Å². The van der Waals surface area contributed by atoms with E-state index in [0.29, 0.717) is 0 Å². The summed E-state index contributed by atoms with van der Waals surface area (Å²) in [7, 11) is 4.22. The number of aryl methyl sites for hydroxylation is 2. The van der Waals surface area contributed by atoms with Crippen molar-refractivity contribution < 1.29 is 4.74 Å². The van der Waals surface area contributed by atoms with Crippen molar-refractivity contribution in [3.05, 3.63) is 76.0 Å². The summed E-state index contributed by atoms with van der Waals surface area (Å²) in [5, 5.41) is 0. The molecule has 3 heteroatoms. The molecule has 0 bridgehead atoms. The Hall–Kier alpha value is -2.10. The summed E-state index contributed by atoms with van der Waals surface area (Å²) in [6, 6.07) is 21.2. The first-order chi connectivity index (χ1) is 12.5. The summed E-state index contributed by atoms with van der Waals surface area (Å²) in [5.74, 6) is 0.927. The molecule has 3 rings (SSSR count). The van der Waals surface area contributed by atoms with Gasteiger partial charge < -0.3 is 9.64 Å². The van der Waals surface area contributed by atoms with E-state index in [4.69, 9.17) is 4.74 Å². The Kier molecular flexibility index (Phi) is 6.12. The quantitative estimate of drug-likeness (QED) is 0.501. The highest BCUT2D eigenvalue weighted by atomic mass is 32.1. The lowest BCUT2D eigenvalue weighted by molar-refractivity contribution is 0.179. The van der Waals surface area contributed by atoms with E-state index in [1.54, 1.807) is 0 Å². The van der Waals surface area contributed by atoms with Crippen LogP contribution in [-0.2, 0) is 0 Å². The van der Waals surface area contributed by atoms with Gasteiger partial charge in [0.15, 0.2) is 0 Å². The molecular weight excluding hydrogens is 338 g/mol. The van der Waals surface area contributed by atoms with Gasteiger partial charge in [-0.15, -0.1) is 11.3 Å². The summed E-state index contributed by atoms with van der Waals surface area (Å²) in [6.45, 7) is 5.36. The van der Waals surface area contributed by atoms with E-state index < -0.39 is 0 Å². The fourth-order valence-electron chi connectivity index (χ4n) is 3.14. The van der Waals surface area contributed by atoms with E-state index in [-0.39, 0.29) is 6.10 Å². The fourth-order valence-corrected chi connectivity index (χ4v) is 4.12. The van der Waals surface area contributed by atoms with E-state index in [9.17, 15) is 0 Å². The summed E-state index contributed by atoms with van der Waals surface area (Å²) in [6.07, 6.45) is 1.06. The largest absolute Gasteiger partial charge is 0.486 e. The van der Waals surface area contributed by atoms with Crippen LogP contribution in [0.1, 0.15) is 27.8 Å². The zero-order valence-corrected chi connectivity index (χ0v) is 16.8. The molecule has 0 saturated heterocycles. The lowest BCUT2D eigenvalue weighted by Crippen LogP contribution is -2.19. The van der Waals surface area contributed by atoms with Crippen molar-refractivity contribution in [2.24, 2.45) is 0 Å². The molecule has 0 amide bonds. The molecule has 0 aliphatic carbocycles. The minimum absolute atomic E-state index is 0.0879. The van der Waals surface area contributed by atoms with E-state index in [1.807, 2.05) is 17.4 Å². The Bertz CT molecular complexity index is 821. The molecule has 0 fully saturated rings. The van der Waals surface area contributed by atoms with Gasteiger partial charge in [-0.05, 0) is 57.3 Å². The maximum absolute atomic E-state index is 6.42. The van der Waals surface area contributed by atoms with Crippen LogP contribution in [0, 0.1) is 13.8 Å². The van der Waals surface area contributed by atoms with Gasteiger partial charge in [-0.3, -0.25) is 0 Å². The lowest BCUT2D eigenvalue weighted by atomic mass is 10.1. The zero-order chi connectivity index (χ0) is 18.5. The molecule has 2 aromatic carbocycles. The second-order valence-electron chi connectivity index (χ2n) is 6.96. The van der Waals surface area contributed by atoms with Gasteiger partial charge in [0.1, 0.15) is 11.9 Å². The van der Waals surface area contributed by atoms with Gasteiger partial charge in [-0.2, -0.15) is 0 Å². The third kappa shape index (κ3) is 4.75. The highest BCUT2D eigenvalue weighted by Gasteiger charge is 2.18. The van der Waals surface area contributed by atoms with Crippen LogP contribution in [0.3, 0.4) is 0 Å². The lowest BCUT2D eigenvalue weighted by Gasteiger charge is -2.21. The predicted octanol–water partition coefficient (Wildman–Crippen LogP) is 6.10. The van der Waals surface area contributed by atoms with Gasteiger partial charge in [-0.25, -0.2) is 0 Å². The third-order valence-corrected chi connectivity index (χ3v) is 5.49. The maximum atomic E-state index is 6.42. The number of ether oxygens (including phenoxy) is 1. The van der Waals surface area contributed by atoms with E-state index in [1.165, 1.54) is 26.4 Å². The monoisotopic (exact) mass is 365 g/mol. The van der Waals surface area contributed by atoms with Crippen LogP contribution in [0.25, 0.3) is 11.1 Å². The molecule has 0 aliphatic rings. The Morgan fingerprint density at radius 3 is 2.15 bits per heavy atom. The van der Waals surface area contributed by atoms with Crippen molar-refractivity contribution in [2.75, 3.05) is 20.6 Å². The van der Waals surface area contributed by atoms with Crippen LogP contribution in [0.5, 0.6) is 5.75 Å². The number of nitrogens with zero attached hydrogens (tertiary/aromatic N) is 1. The number of benzene rings is 2. The molecule has 3 aromatic rings. The third-order valence-electron chi connectivity index (χ3n) is 4.50. The van der Waals surface area contributed by atoms with Gasteiger partial charge in [-0.1, -0.05) is 42.5 Å². The first kappa shape index (κ1) is 18.7. The molecule has 26 heavy (non-hydrogen) atoms. The summed E-state index contributed by atoms with van der Waals surface area (Å²) in [4.78, 5) is 4.91. The Balaban J connectivity index is 1.79. The minimum Gasteiger partial charge on any atom is -0.486 e. The van der Waals surface area contributed by atoms with Crippen LogP contribution in [0.4, 0.5) is 0 Å². The number of thiophene rings is 1. The topological polar surface area (TPSA) is 12.5 Å².